The summed E-state index contributed by atoms with van der Waals surface area (Å²) in [5, 5.41) is 14.2. The van der Waals surface area contributed by atoms with Crippen LogP contribution in [0.4, 0.5) is 25.0 Å². The fourth-order valence-corrected chi connectivity index (χ4v) is 4.37. The van der Waals surface area contributed by atoms with Gasteiger partial charge in [-0.15, -0.1) is 10.2 Å². The zero-order valence-electron chi connectivity index (χ0n) is 17.7. The third-order valence-electron chi connectivity index (χ3n) is 5.21. The van der Waals surface area contributed by atoms with Crippen molar-refractivity contribution in [1.82, 2.24) is 15.1 Å². The van der Waals surface area contributed by atoms with Gasteiger partial charge in [-0.2, -0.15) is 0 Å². The highest BCUT2D eigenvalue weighted by molar-refractivity contribution is 7.13. The molecule has 3 amide bonds. The summed E-state index contributed by atoms with van der Waals surface area (Å²) >= 11 is 1.17. The van der Waals surface area contributed by atoms with Crippen molar-refractivity contribution in [2.75, 3.05) is 30.8 Å². The number of amides is 3. The highest BCUT2D eigenvalue weighted by atomic mass is 32.1. The molecular weight excluding hydrogens is 452 g/mol. The van der Waals surface area contributed by atoms with E-state index in [1.807, 2.05) is 0 Å². The van der Waals surface area contributed by atoms with Gasteiger partial charge in [0, 0.05) is 30.8 Å². The third kappa shape index (κ3) is 5.43. The predicted octanol–water partition coefficient (Wildman–Crippen LogP) is 4.49. The summed E-state index contributed by atoms with van der Waals surface area (Å²) in [7, 11) is 1.56. The SMILES string of the molecule is COc1ccc(NC(=O)c2nnc(C3CCCN(C(=O)Nc4cc(F)ccc4F)C3)s2)cc1. The van der Waals surface area contributed by atoms with Crippen LogP contribution in [-0.4, -0.2) is 47.2 Å². The number of ether oxygens (including phenoxy) is 1. The lowest BCUT2D eigenvalue weighted by Crippen LogP contribution is -2.41. The van der Waals surface area contributed by atoms with Gasteiger partial charge in [-0.25, -0.2) is 13.6 Å². The summed E-state index contributed by atoms with van der Waals surface area (Å²) in [5.74, 6) is -1.16. The summed E-state index contributed by atoms with van der Waals surface area (Å²) in [4.78, 5) is 26.6. The van der Waals surface area contributed by atoms with E-state index in [0.29, 0.717) is 36.0 Å². The van der Waals surface area contributed by atoms with Crippen molar-refractivity contribution in [2.45, 2.75) is 18.8 Å². The molecule has 0 aliphatic carbocycles. The molecule has 3 aromatic rings. The lowest BCUT2D eigenvalue weighted by Gasteiger charge is -2.31. The third-order valence-corrected chi connectivity index (χ3v) is 6.30. The second-order valence-electron chi connectivity index (χ2n) is 7.47. The number of hydrogen-bond acceptors (Lipinski definition) is 6. The van der Waals surface area contributed by atoms with Gasteiger partial charge in [0.1, 0.15) is 22.4 Å². The molecule has 2 N–H and O–H groups in total. The molecule has 33 heavy (non-hydrogen) atoms. The molecule has 11 heteroatoms. The van der Waals surface area contributed by atoms with Crippen molar-refractivity contribution in [3.05, 3.63) is 64.1 Å². The maximum Gasteiger partial charge on any atom is 0.321 e. The van der Waals surface area contributed by atoms with Crippen LogP contribution in [-0.2, 0) is 0 Å². The largest absolute Gasteiger partial charge is 0.497 e. The summed E-state index contributed by atoms with van der Waals surface area (Å²) < 4.78 is 32.3. The van der Waals surface area contributed by atoms with E-state index >= 15 is 0 Å². The minimum Gasteiger partial charge on any atom is -0.497 e. The Morgan fingerprint density at radius 1 is 1.12 bits per heavy atom. The number of nitrogens with zero attached hydrogens (tertiary/aromatic N) is 3. The molecule has 1 aromatic heterocycles. The van der Waals surface area contributed by atoms with Gasteiger partial charge in [-0.1, -0.05) is 11.3 Å². The smallest absolute Gasteiger partial charge is 0.321 e. The molecular formula is C22H21F2N5O3S. The number of aromatic nitrogens is 2. The summed E-state index contributed by atoms with van der Waals surface area (Å²) in [5.41, 5.74) is 0.387. The van der Waals surface area contributed by atoms with Crippen LogP contribution in [0.5, 0.6) is 5.75 Å². The van der Waals surface area contributed by atoms with Crippen LogP contribution in [0.25, 0.3) is 0 Å². The van der Waals surface area contributed by atoms with Crippen LogP contribution in [0, 0.1) is 11.6 Å². The average Bonchev–Trinajstić information content (AvgIpc) is 3.33. The highest BCUT2D eigenvalue weighted by Crippen LogP contribution is 2.30. The van der Waals surface area contributed by atoms with Crippen molar-refractivity contribution in [3.63, 3.8) is 0 Å². The zero-order chi connectivity index (χ0) is 23.4. The molecule has 1 fully saturated rings. The topological polar surface area (TPSA) is 96.4 Å². The predicted molar refractivity (Wildman–Crippen MR) is 120 cm³/mol. The molecule has 8 nitrogen and oxygen atoms in total. The van der Waals surface area contributed by atoms with Gasteiger partial charge < -0.3 is 20.3 Å². The van der Waals surface area contributed by atoms with Crippen molar-refractivity contribution in [2.24, 2.45) is 0 Å². The first-order valence-corrected chi connectivity index (χ1v) is 11.0. The molecule has 0 saturated carbocycles. The van der Waals surface area contributed by atoms with Gasteiger partial charge in [0.05, 0.1) is 12.8 Å². The van der Waals surface area contributed by atoms with Crippen LogP contribution < -0.4 is 15.4 Å². The lowest BCUT2D eigenvalue weighted by molar-refractivity contribution is 0.102. The zero-order valence-corrected chi connectivity index (χ0v) is 18.5. The molecule has 2 aromatic carbocycles. The molecule has 0 radical (unpaired) electrons. The van der Waals surface area contributed by atoms with Crippen LogP contribution in [0.15, 0.2) is 42.5 Å². The Hall–Kier alpha value is -3.60. The van der Waals surface area contributed by atoms with Crippen molar-refractivity contribution in [1.29, 1.82) is 0 Å². The molecule has 172 valence electrons. The fourth-order valence-electron chi connectivity index (χ4n) is 3.50. The molecule has 0 spiro atoms. The molecule has 1 atom stereocenters. The van der Waals surface area contributed by atoms with Crippen LogP contribution in [0.2, 0.25) is 0 Å². The fraction of sp³-hybridized carbons (Fsp3) is 0.273. The molecule has 1 aliphatic heterocycles. The summed E-state index contributed by atoms with van der Waals surface area (Å²) in [6.45, 7) is 0.806. The standard InChI is InChI=1S/C22H21F2N5O3S/c1-32-16-7-5-15(6-8-16)25-19(30)21-28-27-20(33-21)13-3-2-10-29(12-13)22(31)26-18-11-14(23)4-9-17(18)24/h4-9,11,13H,2-3,10,12H2,1H3,(H,25,30)(H,26,31). The number of rotatable bonds is 5. The summed E-state index contributed by atoms with van der Waals surface area (Å²) in [6.07, 6.45) is 1.48. The quantitative estimate of drug-likeness (QED) is 0.569. The molecule has 1 saturated heterocycles. The van der Waals surface area contributed by atoms with E-state index in [0.717, 1.165) is 24.6 Å². The van der Waals surface area contributed by atoms with Crippen molar-refractivity contribution >= 4 is 34.6 Å². The van der Waals surface area contributed by atoms with E-state index in [1.165, 1.54) is 16.2 Å². The second-order valence-corrected chi connectivity index (χ2v) is 8.48. The van der Waals surface area contributed by atoms with Crippen LogP contribution in [0.1, 0.15) is 33.6 Å². The number of methoxy groups -OCH3 is 1. The maximum atomic E-state index is 13.9. The van der Waals surface area contributed by atoms with E-state index in [4.69, 9.17) is 4.74 Å². The normalized spacial score (nSPS) is 15.7. The number of halogens is 2. The van der Waals surface area contributed by atoms with E-state index in [9.17, 15) is 18.4 Å². The maximum absolute atomic E-state index is 13.9. The van der Waals surface area contributed by atoms with Gasteiger partial charge in [-0.3, -0.25) is 4.79 Å². The Morgan fingerprint density at radius 2 is 1.91 bits per heavy atom. The van der Waals surface area contributed by atoms with E-state index in [1.54, 1.807) is 31.4 Å². The Morgan fingerprint density at radius 3 is 2.67 bits per heavy atom. The first-order chi connectivity index (χ1) is 15.9. The average molecular weight is 474 g/mol. The van der Waals surface area contributed by atoms with E-state index < -0.39 is 17.7 Å². The number of hydrogen-bond donors (Lipinski definition) is 2. The molecule has 4 rings (SSSR count). The van der Waals surface area contributed by atoms with Gasteiger partial charge in [0.15, 0.2) is 0 Å². The summed E-state index contributed by atoms with van der Waals surface area (Å²) in [6, 6.07) is 9.27. The Balaban J connectivity index is 1.38. The number of urea groups is 1. The lowest BCUT2D eigenvalue weighted by atomic mass is 9.99. The highest BCUT2D eigenvalue weighted by Gasteiger charge is 2.28. The minimum atomic E-state index is -0.713. The van der Waals surface area contributed by atoms with Crippen LogP contribution in [0.3, 0.4) is 0 Å². The molecule has 1 aliphatic rings. The van der Waals surface area contributed by atoms with Gasteiger partial charge >= 0.3 is 6.03 Å². The second kappa shape index (κ2) is 9.90. The number of anilines is 2. The number of piperidine rings is 1. The number of carbonyl (C=O) groups is 2. The first-order valence-electron chi connectivity index (χ1n) is 10.2. The first kappa shape index (κ1) is 22.6. The van der Waals surface area contributed by atoms with E-state index in [-0.39, 0.29) is 22.5 Å². The van der Waals surface area contributed by atoms with E-state index in [2.05, 4.69) is 20.8 Å². The Bertz CT molecular complexity index is 1160. The van der Waals surface area contributed by atoms with Gasteiger partial charge in [-0.05, 0) is 49.2 Å². The number of carbonyl (C=O) groups excluding carboxylic acids is 2. The Kier molecular flexibility index (Phi) is 6.78. The van der Waals surface area contributed by atoms with Crippen molar-refractivity contribution < 1.29 is 23.1 Å². The monoisotopic (exact) mass is 473 g/mol. The molecule has 2 heterocycles. The number of likely N-dealkylation sites (tertiary alicyclic amines) is 1. The number of nitrogens with one attached hydrogen (secondary N) is 2. The van der Waals surface area contributed by atoms with Crippen molar-refractivity contribution in [3.8, 4) is 5.75 Å². The van der Waals surface area contributed by atoms with Gasteiger partial charge in [0.25, 0.3) is 5.91 Å². The molecule has 0 bridgehead atoms. The minimum absolute atomic E-state index is 0.109. The number of benzene rings is 2. The van der Waals surface area contributed by atoms with Crippen LogP contribution >= 0.6 is 11.3 Å². The van der Waals surface area contributed by atoms with Gasteiger partial charge in [0.2, 0.25) is 5.01 Å². The molecule has 1 unspecified atom stereocenters. The Labute approximate surface area is 192 Å².